The number of hydrogen-bond acceptors (Lipinski definition) is 0. The van der Waals surface area contributed by atoms with E-state index in [9.17, 15) is 0 Å². The van der Waals surface area contributed by atoms with Crippen molar-refractivity contribution in [3.8, 4) is 11.1 Å². The number of halogens is 1. The van der Waals surface area contributed by atoms with Crippen LogP contribution in [-0.4, -0.2) is 4.98 Å². The van der Waals surface area contributed by atoms with Crippen molar-refractivity contribution in [3.63, 3.8) is 0 Å². The normalized spacial score (nSPS) is 10.5. The summed E-state index contributed by atoms with van der Waals surface area (Å²) in [6.07, 6.45) is 0. The molecule has 1 N–H and O–H groups in total. The fourth-order valence-electron chi connectivity index (χ4n) is 3.07. The van der Waals surface area contributed by atoms with E-state index in [0.717, 1.165) is 4.47 Å². The molecule has 0 saturated heterocycles. The smallest absolute Gasteiger partial charge is 0.0464 e. The molecule has 26 heavy (non-hydrogen) atoms. The van der Waals surface area contributed by atoms with Crippen LogP contribution in [0.15, 0.2) is 108 Å². The molecule has 0 amide bonds. The molecular weight excluding hydrogens is 382 g/mol. The minimum absolute atomic E-state index is 1.12. The van der Waals surface area contributed by atoms with Gasteiger partial charge in [-0.2, -0.15) is 0 Å². The Kier molecular flexibility index (Phi) is 4.85. The first-order chi connectivity index (χ1) is 12.8. The lowest BCUT2D eigenvalue weighted by Crippen LogP contribution is -1.75. The summed E-state index contributed by atoms with van der Waals surface area (Å²) in [4.78, 5) is 3.38. The Balaban J connectivity index is 0.000000129. The van der Waals surface area contributed by atoms with E-state index in [1.54, 1.807) is 0 Å². The van der Waals surface area contributed by atoms with Gasteiger partial charge in [-0.25, -0.2) is 0 Å². The zero-order valence-corrected chi connectivity index (χ0v) is 15.8. The van der Waals surface area contributed by atoms with E-state index in [1.165, 1.54) is 32.9 Å². The van der Waals surface area contributed by atoms with Crippen molar-refractivity contribution in [1.82, 2.24) is 4.98 Å². The molecule has 5 aromatic rings. The SMILES string of the molecule is Brc1ccc(-c2ccccc2)cc1.c1ccc2c(c1)[nH]c1ccccc12. The van der Waals surface area contributed by atoms with Gasteiger partial charge in [0.2, 0.25) is 0 Å². The lowest BCUT2D eigenvalue weighted by molar-refractivity contribution is 1.55. The molecule has 0 spiro atoms. The summed E-state index contributed by atoms with van der Waals surface area (Å²) in [5, 5.41) is 2.61. The first kappa shape index (κ1) is 16.6. The summed E-state index contributed by atoms with van der Waals surface area (Å²) < 4.78 is 1.12. The van der Waals surface area contributed by atoms with E-state index in [2.05, 4.69) is 118 Å². The van der Waals surface area contributed by atoms with Gasteiger partial charge in [0.05, 0.1) is 0 Å². The summed E-state index contributed by atoms with van der Waals surface area (Å²) >= 11 is 3.42. The van der Waals surface area contributed by atoms with Crippen LogP contribution in [0.5, 0.6) is 0 Å². The van der Waals surface area contributed by atoms with Gasteiger partial charge in [-0.15, -0.1) is 0 Å². The topological polar surface area (TPSA) is 15.8 Å². The van der Waals surface area contributed by atoms with Crippen molar-refractivity contribution in [2.24, 2.45) is 0 Å². The number of H-pyrrole nitrogens is 1. The predicted molar refractivity (Wildman–Crippen MR) is 115 cm³/mol. The molecule has 0 aliphatic rings. The number of benzene rings is 4. The highest BCUT2D eigenvalue weighted by Crippen LogP contribution is 2.24. The van der Waals surface area contributed by atoms with Crippen LogP contribution in [0.3, 0.4) is 0 Å². The van der Waals surface area contributed by atoms with Gasteiger partial charge in [-0.1, -0.05) is 94.8 Å². The quantitative estimate of drug-likeness (QED) is 0.301. The highest BCUT2D eigenvalue weighted by molar-refractivity contribution is 9.10. The van der Waals surface area contributed by atoms with Gasteiger partial charge in [0.1, 0.15) is 0 Å². The third-order valence-electron chi connectivity index (χ3n) is 4.36. The summed E-state index contributed by atoms with van der Waals surface area (Å²) in [5.41, 5.74) is 4.94. The van der Waals surface area contributed by atoms with Crippen molar-refractivity contribution >= 4 is 37.7 Å². The lowest BCUT2D eigenvalue weighted by atomic mass is 10.1. The summed E-state index contributed by atoms with van der Waals surface area (Å²) in [7, 11) is 0. The maximum absolute atomic E-state index is 3.42. The summed E-state index contributed by atoms with van der Waals surface area (Å²) in [6, 6.07) is 35.5. The van der Waals surface area contributed by atoms with Crippen molar-refractivity contribution < 1.29 is 0 Å². The predicted octanol–water partition coefficient (Wildman–Crippen LogP) is 7.44. The van der Waals surface area contributed by atoms with Crippen LogP contribution in [0.1, 0.15) is 0 Å². The highest BCUT2D eigenvalue weighted by Gasteiger charge is 2.00. The molecule has 0 radical (unpaired) electrons. The second kappa shape index (κ2) is 7.59. The van der Waals surface area contributed by atoms with Gasteiger partial charge in [0, 0.05) is 26.3 Å². The third-order valence-corrected chi connectivity index (χ3v) is 4.89. The Morgan fingerprint density at radius 3 is 1.50 bits per heavy atom. The highest BCUT2D eigenvalue weighted by atomic mass is 79.9. The largest absolute Gasteiger partial charge is 0.355 e. The van der Waals surface area contributed by atoms with E-state index >= 15 is 0 Å². The van der Waals surface area contributed by atoms with E-state index in [4.69, 9.17) is 0 Å². The van der Waals surface area contributed by atoms with Crippen LogP contribution in [0.2, 0.25) is 0 Å². The fourth-order valence-corrected chi connectivity index (χ4v) is 3.34. The third kappa shape index (κ3) is 3.56. The minimum atomic E-state index is 1.12. The zero-order chi connectivity index (χ0) is 17.8. The maximum atomic E-state index is 3.42. The van der Waals surface area contributed by atoms with Crippen LogP contribution in [-0.2, 0) is 0 Å². The van der Waals surface area contributed by atoms with Crippen molar-refractivity contribution in [2.75, 3.05) is 0 Å². The van der Waals surface area contributed by atoms with Crippen LogP contribution in [0, 0.1) is 0 Å². The molecule has 1 nitrogen and oxygen atoms in total. The van der Waals surface area contributed by atoms with Gasteiger partial charge in [0.25, 0.3) is 0 Å². The number of nitrogens with one attached hydrogen (secondary N) is 1. The van der Waals surface area contributed by atoms with Gasteiger partial charge >= 0.3 is 0 Å². The average Bonchev–Trinajstić information content (AvgIpc) is 3.08. The number of aromatic amines is 1. The molecule has 0 fully saturated rings. The van der Waals surface area contributed by atoms with Crippen LogP contribution in [0.4, 0.5) is 0 Å². The standard InChI is InChI=1S/C12H9Br.C12H9N/c13-12-8-6-11(7-9-12)10-4-2-1-3-5-10;1-3-7-11-9(5-1)10-6-2-4-8-12(10)13-11/h1-9H;1-8,13H. The first-order valence-corrected chi connectivity index (χ1v) is 9.37. The summed E-state index contributed by atoms with van der Waals surface area (Å²) in [6.45, 7) is 0. The van der Waals surface area contributed by atoms with Crippen molar-refractivity contribution in [2.45, 2.75) is 0 Å². The molecule has 4 aromatic carbocycles. The lowest BCUT2D eigenvalue weighted by Gasteiger charge is -2.00. The Labute approximate surface area is 161 Å². The van der Waals surface area contributed by atoms with Crippen LogP contribution < -0.4 is 0 Å². The second-order valence-electron chi connectivity index (χ2n) is 6.09. The Morgan fingerprint density at radius 2 is 0.923 bits per heavy atom. The molecule has 0 aliphatic carbocycles. The minimum Gasteiger partial charge on any atom is -0.355 e. The molecule has 0 aliphatic heterocycles. The molecule has 0 unspecified atom stereocenters. The molecule has 0 atom stereocenters. The maximum Gasteiger partial charge on any atom is 0.0464 e. The second-order valence-corrected chi connectivity index (χ2v) is 7.00. The Morgan fingerprint density at radius 1 is 0.462 bits per heavy atom. The van der Waals surface area contributed by atoms with Crippen LogP contribution in [0.25, 0.3) is 32.9 Å². The first-order valence-electron chi connectivity index (χ1n) is 8.58. The summed E-state index contributed by atoms with van der Waals surface area (Å²) in [5.74, 6) is 0. The van der Waals surface area contributed by atoms with E-state index < -0.39 is 0 Å². The number of fused-ring (bicyclic) bond motifs is 3. The Hall–Kier alpha value is -2.84. The van der Waals surface area contributed by atoms with Gasteiger partial charge < -0.3 is 4.98 Å². The van der Waals surface area contributed by atoms with Gasteiger partial charge in [-0.05, 0) is 35.4 Å². The van der Waals surface area contributed by atoms with Gasteiger partial charge in [-0.3, -0.25) is 0 Å². The number of rotatable bonds is 1. The number of para-hydroxylation sites is 2. The molecule has 5 rings (SSSR count). The van der Waals surface area contributed by atoms with Gasteiger partial charge in [0.15, 0.2) is 0 Å². The van der Waals surface area contributed by atoms with E-state index in [0.29, 0.717) is 0 Å². The van der Waals surface area contributed by atoms with E-state index in [1.807, 2.05) is 6.07 Å². The molecule has 126 valence electrons. The molecule has 0 bridgehead atoms. The number of hydrogen-bond donors (Lipinski definition) is 1. The van der Waals surface area contributed by atoms with Crippen molar-refractivity contribution in [3.05, 3.63) is 108 Å². The Bertz CT molecular complexity index is 1070. The number of aromatic nitrogens is 1. The fraction of sp³-hybridized carbons (Fsp3) is 0. The van der Waals surface area contributed by atoms with E-state index in [-0.39, 0.29) is 0 Å². The zero-order valence-electron chi connectivity index (χ0n) is 14.2. The van der Waals surface area contributed by atoms with Crippen molar-refractivity contribution in [1.29, 1.82) is 0 Å². The molecule has 1 aromatic heterocycles. The monoisotopic (exact) mass is 399 g/mol. The molecular formula is C24H18BrN. The average molecular weight is 400 g/mol. The van der Waals surface area contributed by atoms with Crippen LogP contribution >= 0.6 is 15.9 Å². The molecule has 0 saturated carbocycles. The molecule has 1 heterocycles. The molecule has 2 heteroatoms.